The van der Waals surface area contributed by atoms with Gasteiger partial charge < -0.3 is 15.5 Å². The zero-order valence-electron chi connectivity index (χ0n) is 12.7. The molecule has 2 aromatic rings. The van der Waals surface area contributed by atoms with E-state index < -0.39 is 0 Å². The number of anilines is 2. The molecule has 1 aromatic heterocycles. The van der Waals surface area contributed by atoms with Gasteiger partial charge in [-0.15, -0.1) is 0 Å². The largest absolute Gasteiger partial charge is 0.398 e. The van der Waals surface area contributed by atoms with Gasteiger partial charge in [-0.1, -0.05) is 12.1 Å². The predicted molar refractivity (Wildman–Crippen MR) is 87.9 cm³/mol. The van der Waals surface area contributed by atoms with Gasteiger partial charge in [0.1, 0.15) is 5.82 Å². The first-order valence-electron chi connectivity index (χ1n) is 7.46. The van der Waals surface area contributed by atoms with Crippen LogP contribution in [0.4, 0.5) is 11.5 Å². The molecule has 0 saturated carbocycles. The maximum Gasteiger partial charge on any atom is 0.254 e. The van der Waals surface area contributed by atoms with Crippen molar-refractivity contribution in [1.82, 2.24) is 9.88 Å². The Bertz CT molecular complexity index is 664. The molecule has 0 radical (unpaired) electrons. The Balaban J connectivity index is 1.66. The highest BCUT2D eigenvalue weighted by Crippen LogP contribution is 2.17. The van der Waals surface area contributed by atoms with Crippen molar-refractivity contribution in [1.29, 1.82) is 0 Å². The number of benzene rings is 1. The number of hydrogen-bond acceptors (Lipinski definition) is 4. The maximum absolute atomic E-state index is 12.5. The quantitative estimate of drug-likeness (QED) is 0.860. The van der Waals surface area contributed by atoms with Gasteiger partial charge in [0.2, 0.25) is 0 Å². The van der Waals surface area contributed by atoms with Crippen LogP contribution >= 0.6 is 0 Å². The van der Waals surface area contributed by atoms with Crippen molar-refractivity contribution in [2.75, 3.05) is 36.8 Å². The Labute approximate surface area is 130 Å². The van der Waals surface area contributed by atoms with E-state index in [1.165, 1.54) is 0 Å². The lowest BCUT2D eigenvalue weighted by atomic mass is 10.1. The summed E-state index contributed by atoms with van der Waals surface area (Å²) in [5.74, 6) is 1.02. The van der Waals surface area contributed by atoms with E-state index in [4.69, 9.17) is 5.73 Å². The monoisotopic (exact) mass is 296 g/mol. The number of pyridine rings is 1. The van der Waals surface area contributed by atoms with E-state index in [0.29, 0.717) is 24.3 Å². The number of piperazine rings is 1. The van der Waals surface area contributed by atoms with Gasteiger partial charge in [-0.25, -0.2) is 4.98 Å². The van der Waals surface area contributed by atoms with Crippen LogP contribution in [0, 0.1) is 6.92 Å². The van der Waals surface area contributed by atoms with Crippen LogP contribution in [0.3, 0.4) is 0 Å². The Kier molecular flexibility index (Phi) is 3.96. The average Bonchev–Trinajstić information content (AvgIpc) is 2.58. The second kappa shape index (κ2) is 6.05. The molecular formula is C17H20N4O. The van der Waals surface area contributed by atoms with Crippen LogP contribution < -0.4 is 10.6 Å². The van der Waals surface area contributed by atoms with Crippen molar-refractivity contribution >= 4 is 17.4 Å². The van der Waals surface area contributed by atoms with Gasteiger partial charge in [0.05, 0.1) is 0 Å². The van der Waals surface area contributed by atoms with Crippen LogP contribution in [-0.4, -0.2) is 42.0 Å². The molecule has 0 spiro atoms. The number of nitrogens with two attached hydrogens (primary N) is 1. The number of rotatable bonds is 2. The smallest absolute Gasteiger partial charge is 0.254 e. The van der Waals surface area contributed by atoms with Gasteiger partial charge in [0.25, 0.3) is 5.91 Å². The number of aromatic nitrogens is 1. The molecule has 2 N–H and O–H groups in total. The summed E-state index contributed by atoms with van der Waals surface area (Å²) in [6, 6.07) is 11.4. The molecule has 1 aliphatic heterocycles. The fourth-order valence-electron chi connectivity index (χ4n) is 2.64. The van der Waals surface area contributed by atoms with Gasteiger partial charge in [0, 0.05) is 43.6 Å². The second-order valence-corrected chi connectivity index (χ2v) is 5.54. The molecular weight excluding hydrogens is 276 g/mol. The van der Waals surface area contributed by atoms with E-state index in [2.05, 4.69) is 9.88 Å². The van der Waals surface area contributed by atoms with Crippen LogP contribution in [0.15, 0.2) is 42.6 Å². The zero-order chi connectivity index (χ0) is 15.5. The highest BCUT2D eigenvalue weighted by atomic mass is 16.2. The number of carbonyl (C=O) groups excluding carboxylic acids is 1. The molecule has 1 saturated heterocycles. The third-order valence-corrected chi connectivity index (χ3v) is 4.07. The molecule has 114 valence electrons. The lowest BCUT2D eigenvalue weighted by Gasteiger charge is -2.35. The van der Waals surface area contributed by atoms with Crippen LogP contribution in [0.1, 0.15) is 15.9 Å². The molecule has 22 heavy (non-hydrogen) atoms. The van der Waals surface area contributed by atoms with Crippen molar-refractivity contribution in [3.8, 4) is 0 Å². The van der Waals surface area contributed by atoms with Crippen molar-refractivity contribution in [3.63, 3.8) is 0 Å². The Morgan fingerprint density at radius 2 is 1.91 bits per heavy atom. The lowest BCUT2D eigenvalue weighted by molar-refractivity contribution is 0.0746. The van der Waals surface area contributed by atoms with Gasteiger partial charge >= 0.3 is 0 Å². The summed E-state index contributed by atoms with van der Waals surface area (Å²) in [5, 5.41) is 0. The number of amides is 1. The van der Waals surface area contributed by atoms with E-state index in [-0.39, 0.29) is 5.91 Å². The minimum Gasteiger partial charge on any atom is -0.398 e. The number of hydrogen-bond donors (Lipinski definition) is 1. The number of nitrogens with zero attached hydrogens (tertiary/aromatic N) is 3. The molecule has 5 nitrogen and oxygen atoms in total. The molecule has 5 heteroatoms. The van der Waals surface area contributed by atoms with Crippen molar-refractivity contribution in [3.05, 3.63) is 53.7 Å². The van der Waals surface area contributed by atoms with Crippen LogP contribution in [-0.2, 0) is 0 Å². The summed E-state index contributed by atoms with van der Waals surface area (Å²) in [7, 11) is 0. The number of carbonyl (C=O) groups is 1. The Hall–Kier alpha value is -2.56. The van der Waals surface area contributed by atoms with E-state index in [9.17, 15) is 4.79 Å². The zero-order valence-corrected chi connectivity index (χ0v) is 12.7. The Morgan fingerprint density at radius 3 is 2.55 bits per heavy atom. The SMILES string of the molecule is Cc1ccc(C(=O)N2CCN(c3ccccn3)CC2)cc1N. The second-order valence-electron chi connectivity index (χ2n) is 5.54. The minimum absolute atomic E-state index is 0.0485. The molecule has 0 atom stereocenters. The number of nitrogen functional groups attached to an aromatic ring is 1. The van der Waals surface area contributed by atoms with E-state index in [0.717, 1.165) is 24.5 Å². The van der Waals surface area contributed by atoms with Gasteiger partial charge in [-0.05, 0) is 36.8 Å². The lowest BCUT2D eigenvalue weighted by Crippen LogP contribution is -2.49. The van der Waals surface area contributed by atoms with Gasteiger partial charge in [-0.3, -0.25) is 4.79 Å². The van der Waals surface area contributed by atoms with Gasteiger partial charge in [-0.2, -0.15) is 0 Å². The molecule has 3 rings (SSSR count). The highest BCUT2D eigenvalue weighted by Gasteiger charge is 2.22. The first kappa shape index (κ1) is 14.4. The molecule has 1 aromatic carbocycles. The molecule has 2 heterocycles. The van der Waals surface area contributed by atoms with Gasteiger partial charge in [0.15, 0.2) is 0 Å². The first-order chi connectivity index (χ1) is 10.6. The van der Waals surface area contributed by atoms with Crippen molar-refractivity contribution in [2.24, 2.45) is 0 Å². The summed E-state index contributed by atoms with van der Waals surface area (Å²) in [6.07, 6.45) is 1.79. The summed E-state index contributed by atoms with van der Waals surface area (Å²) < 4.78 is 0. The molecule has 0 aliphatic carbocycles. The third kappa shape index (κ3) is 2.88. The molecule has 1 fully saturated rings. The van der Waals surface area contributed by atoms with Crippen LogP contribution in [0.5, 0.6) is 0 Å². The topological polar surface area (TPSA) is 62.5 Å². The normalized spacial score (nSPS) is 15.0. The fraction of sp³-hybridized carbons (Fsp3) is 0.294. The standard InChI is InChI=1S/C17H20N4O/c1-13-5-6-14(12-15(13)18)17(22)21-10-8-20(9-11-21)16-4-2-3-7-19-16/h2-7,12H,8-11,18H2,1H3. The summed E-state index contributed by atoms with van der Waals surface area (Å²) in [4.78, 5) is 21.0. The van der Waals surface area contributed by atoms with E-state index in [1.807, 2.05) is 42.2 Å². The Morgan fingerprint density at radius 1 is 1.14 bits per heavy atom. The fourth-order valence-corrected chi connectivity index (χ4v) is 2.64. The summed E-state index contributed by atoms with van der Waals surface area (Å²) in [5.41, 5.74) is 8.22. The molecule has 0 bridgehead atoms. The van der Waals surface area contributed by atoms with E-state index in [1.54, 1.807) is 12.3 Å². The molecule has 0 unspecified atom stereocenters. The minimum atomic E-state index is 0.0485. The third-order valence-electron chi connectivity index (χ3n) is 4.07. The molecule has 1 amide bonds. The molecule has 1 aliphatic rings. The van der Waals surface area contributed by atoms with Crippen molar-refractivity contribution < 1.29 is 4.79 Å². The predicted octanol–water partition coefficient (Wildman–Crippen LogP) is 1.93. The first-order valence-corrected chi connectivity index (χ1v) is 7.46. The average molecular weight is 296 g/mol. The van der Waals surface area contributed by atoms with Crippen LogP contribution in [0.25, 0.3) is 0 Å². The van der Waals surface area contributed by atoms with E-state index >= 15 is 0 Å². The van der Waals surface area contributed by atoms with Crippen molar-refractivity contribution in [2.45, 2.75) is 6.92 Å². The summed E-state index contributed by atoms with van der Waals surface area (Å²) >= 11 is 0. The number of aryl methyl sites for hydroxylation is 1. The van der Waals surface area contributed by atoms with Crippen LogP contribution in [0.2, 0.25) is 0 Å². The summed E-state index contributed by atoms with van der Waals surface area (Å²) in [6.45, 7) is 4.93. The maximum atomic E-state index is 12.5. The highest BCUT2D eigenvalue weighted by molar-refractivity contribution is 5.95.